The Morgan fingerprint density at radius 1 is 1.03 bits per heavy atom. The lowest BCUT2D eigenvalue weighted by Gasteiger charge is -2.21. The van der Waals surface area contributed by atoms with Crippen LogP contribution in [0.2, 0.25) is 0 Å². The molecule has 2 amide bonds. The van der Waals surface area contributed by atoms with Gasteiger partial charge >= 0.3 is 0 Å². The standard InChI is InChI=1S/C22H39N3O5/c1-4-5-6-7-8-9-12-21(26)25(14-11-16-29-3)17-20-24-19(18-30-20)22(27)23-13-10-15-28-2/h18H,4-17H2,1-3H3,(H,23,27). The van der Waals surface area contributed by atoms with Crippen LogP contribution >= 0.6 is 0 Å². The van der Waals surface area contributed by atoms with E-state index in [0.29, 0.717) is 38.6 Å². The van der Waals surface area contributed by atoms with Gasteiger partial charge in [-0.05, 0) is 19.3 Å². The number of nitrogens with one attached hydrogen (secondary N) is 1. The first-order valence-electron chi connectivity index (χ1n) is 11.1. The summed E-state index contributed by atoms with van der Waals surface area (Å²) >= 11 is 0. The molecule has 0 bridgehead atoms. The lowest BCUT2D eigenvalue weighted by molar-refractivity contribution is -0.132. The number of ether oxygens (including phenoxy) is 2. The van der Waals surface area contributed by atoms with Crippen molar-refractivity contribution in [1.29, 1.82) is 0 Å². The number of rotatable bonds is 18. The Labute approximate surface area is 180 Å². The van der Waals surface area contributed by atoms with Gasteiger partial charge in [0.2, 0.25) is 11.8 Å². The van der Waals surface area contributed by atoms with E-state index >= 15 is 0 Å². The molecular formula is C22H39N3O5. The van der Waals surface area contributed by atoms with Crippen LogP contribution in [0.15, 0.2) is 10.7 Å². The Bertz CT molecular complexity index is 591. The molecule has 8 heteroatoms. The zero-order valence-electron chi connectivity index (χ0n) is 18.9. The normalized spacial score (nSPS) is 10.9. The van der Waals surface area contributed by atoms with Crippen molar-refractivity contribution in [2.24, 2.45) is 0 Å². The van der Waals surface area contributed by atoms with Gasteiger partial charge in [0.25, 0.3) is 5.91 Å². The van der Waals surface area contributed by atoms with E-state index in [1.54, 1.807) is 19.1 Å². The first kappa shape index (κ1) is 26.1. The third-order valence-corrected chi connectivity index (χ3v) is 4.79. The highest BCUT2D eigenvalue weighted by molar-refractivity contribution is 5.91. The third kappa shape index (κ3) is 11.3. The first-order chi connectivity index (χ1) is 14.6. The summed E-state index contributed by atoms with van der Waals surface area (Å²) in [6.07, 6.45) is 10.2. The van der Waals surface area contributed by atoms with Crippen LogP contribution in [0, 0.1) is 0 Å². The van der Waals surface area contributed by atoms with Gasteiger partial charge in [-0.25, -0.2) is 4.98 Å². The monoisotopic (exact) mass is 425 g/mol. The molecule has 0 saturated carbocycles. The quantitative estimate of drug-likeness (QED) is 0.362. The van der Waals surface area contributed by atoms with Crippen LogP contribution in [0.3, 0.4) is 0 Å². The van der Waals surface area contributed by atoms with Crippen LogP contribution in [0.25, 0.3) is 0 Å². The van der Waals surface area contributed by atoms with Crippen LogP contribution in [-0.2, 0) is 20.8 Å². The Balaban J connectivity index is 2.53. The summed E-state index contributed by atoms with van der Waals surface area (Å²) in [4.78, 5) is 30.8. The highest BCUT2D eigenvalue weighted by atomic mass is 16.5. The SMILES string of the molecule is CCCCCCCCC(=O)N(CCCOC)Cc1nc(C(=O)NCCCOC)co1. The molecule has 30 heavy (non-hydrogen) atoms. The maximum absolute atomic E-state index is 12.7. The molecule has 8 nitrogen and oxygen atoms in total. The minimum atomic E-state index is -0.287. The number of carbonyl (C=O) groups is 2. The molecule has 0 spiro atoms. The minimum absolute atomic E-state index is 0.0883. The van der Waals surface area contributed by atoms with Gasteiger partial charge in [-0.2, -0.15) is 0 Å². The third-order valence-electron chi connectivity index (χ3n) is 4.79. The molecule has 0 atom stereocenters. The second kappa shape index (κ2) is 16.8. The summed E-state index contributed by atoms with van der Waals surface area (Å²) < 4.78 is 15.5. The van der Waals surface area contributed by atoms with Crippen LogP contribution in [0.5, 0.6) is 0 Å². The van der Waals surface area contributed by atoms with Gasteiger partial charge in [0.15, 0.2) is 5.69 Å². The van der Waals surface area contributed by atoms with Crippen molar-refractivity contribution >= 4 is 11.8 Å². The summed E-state index contributed by atoms with van der Waals surface area (Å²) in [6.45, 7) is 4.71. The molecule has 1 rings (SSSR count). The van der Waals surface area contributed by atoms with Gasteiger partial charge in [-0.3, -0.25) is 9.59 Å². The van der Waals surface area contributed by atoms with E-state index in [-0.39, 0.29) is 24.1 Å². The van der Waals surface area contributed by atoms with Gasteiger partial charge in [-0.15, -0.1) is 0 Å². The zero-order valence-corrected chi connectivity index (χ0v) is 18.9. The van der Waals surface area contributed by atoms with Crippen molar-refractivity contribution in [1.82, 2.24) is 15.2 Å². The molecule has 0 saturated heterocycles. The van der Waals surface area contributed by atoms with E-state index in [1.165, 1.54) is 31.9 Å². The minimum Gasteiger partial charge on any atom is -0.446 e. The van der Waals surface area contributed by atoms with Gasteiger partial charge in [0.05, 0.1) is 6.54 Å². The van der Waals surface area contributed by atoms with Gasteiger partial charge in [0.1, 0.15) is 6.26 Å². The highest BCUT2D eigenvalue weighted by Crippen LogP contribution is 2.12. The number of amides is 2. The van der Waals surface area contributed by atoms with Gasteiger partial charge in [0, 0.05) is 46.9 Å². The molecule has 1 N–H and O–H groups in total. The predicted molar refractivity (Wildman–Crippen MR) is 115 cm³/mol. The van der Waals surface area contributed by atoms with Crippen molar-refractivity contribution in [3.05, 3.63) is 17.8 Å². The van der Waals surface area contributed by atoms with Crippen LogP contribution in [0.1, 0.15) is 81.1 Å². The first-order valence-corrected chi connectivity index (χ1v) is 11.1. The van der Waals surface area contributed by atoms with Crippen molar-refractivity contribution in [3.8, 4) is 0 Å². The van der Waals surface area contributed by atoms with Crippen molar-refractivity contribution in [2.45, 2.75) is 71.3 Å². The second-order valence-corrected chi connectivity index (χ2v) is 7.41. The average molecular weight is 426 g/mol. The van der Waals surface area contributed by atoms with Crippen molar-refractivity contribution in [2.75, 3.05) is 40.5 Å². The molecule has 0 unspecified atom stereocenters. The molecule has 1 heterocycles. The van der Waals surface area contributed by atoms with E-state index in [4.69, 9.17) is 13.9 Å². The zero-order chi connectivity index (χ0) is 22.0. The van der Waals surface area contributed by atoms with Gasteiger partial charge < -0.3 is 24.1 Å². The maximum atomic E-state index is 12.7. The Morgan fingerprint density at radius 2 is 1.73 bits per heavy atom. The highest BCUT2D eigenvalue weighted by Gasteiger charge is 2.18. The lowest BCUT2D eigenvalue weighted by Crippen LogP contribution is -2.32. The predicted octanol–water partition coefficient (Wildman–Crippen LogP) is 3.56. The number of unbranched alkanes of at least 4 members (excludes halogenated alkanes) is 5. The summed E-state index contributed by atoms with van der Waals surface area (Å²) in [5, 5.41) is 2.78. The number of methoxy groups -OCH3 is 2. The van der Waals surface area contributed by atoms with Gasteiger partial charge in [-0.1, -0.05) is 39.0 Å². The number of aromatic nitrogens is 1. The molecule has 1 aromatic heterocycles. The van der Waals surface area contributed by atoms with E-state index in [9.17, 15) is 9.59 Å². The summed E-state index contributed by atoms with van der Waals surface area (Å²) in [6, 6.07) is 0. The molecule has 0 radical (unpaired) electrons. The Morgan fingerprint density at radius 3 is 2.47 bits per heavy atom. The number of carbonyl (C=O) groups excluding carboxylic acids is 2. The number of hydrogen-bond acceptors (Lipinski definition) is 6. The van der Waals surface area contributed by atoms with Crippen molar-refractivity contribution < 1.29 is 23.5 Å². The molecule has 0 aliphatic heterocycles. The van der Waals surface area contributed by atoms with Crippen LogP contribution in [-0.4, -0.2) is 62.2 Å². The largest absolute Gasteiger partial charge is 0.446 e. The van der Waals surface area contributed by atoms with E-state index < -0.39 is 0 Å². The molecule has 172 valence electrons. The molecule has 0 aliphatic carbocycles. The number of oxazole rings is 1. The summed E-state index contributed by atoms with van der Waals surface area (Å²) in [7, 11) is 3.27. The fraction of sp³-hybridized carbons (Fsp3) is 0.773. The van der Waals surface area contributed by atoms with Crippen LogP contribution < -0.4 is 5.32 Å². The average Bonchev–Trinajstić information content (AvgIpc) is 3.21. The van der Waals surface area contributed by atoms with Crippen molar-refractivity contribution in [3.63, 3.8) is 0 Å². The molecule has 0 aromatic carbocycles. The fourth-order valence-corrected chi connectivity index (χ4v) is 3.07. The smallest absolute Gasteiger partial charge is 0.273 e. The molecule has 0 fully saturated rings. The number of nitrogens with zero attached hydrogens (tertiary/aromatic N) is 2. The topological polar surface area (TPSA) is 93.9 Å². The second-order valence-electron chi connectivity index (χ2n) is 7.41. The fourth-order valence-electron chi connectivity index (χ4n) is 3.07. The Hall–Kier alpha value is -1.93. The molecule has 1 aromatic rings. The van der Waals surface area contributed by atoms with E-state index in [1.807, 2.05) is 0 Å². The van der Waals surface area contributed by atoms with E-state index in [2.05, 4.69) is 17.2 Å². The lowest BCUT2D eigenvalue weighted by atomic mass is 10.1. The number of hydrogen-bond donors (Lipinski definition) is 1. The van der Waals surface area contributed by atoms with Crippen LogP contribution in [0.4, 0.5) is 0 Å². The summed E-state index contributed by atoms with van der Waals surface area (Å²) in [5.41, 5.74) is 0.225. The maximum Gasteiger partial charge on any atom is 0.273 e. The van der Waals surface area contributed by atoms with E-state index in [0.717, 1.165) is 25.7 Å². The Kier molecular flexibility index (Phi) is 14.6. The molecular weight excluding hydrogens is 386 g/mol. The molecule has 0 aliphatic rings. The summed E-state index contributed by atoms with van der Waals surface area (Å²) in [5.74, 6) is 0.168.